The number of rotatable bonds is 6. The second-order valence-corrected chi connectivity index (χ2v) is 8.34. The summed E-state index contributed by atoms with van der Waals surface area (Å²) in [5.74, 6) is -0.544. The minimum atomic E-state index is -4.43. The zero-order valence-corrected chi connectivity index (χ0v) is 16.1. The van der Waals surface area contributed by atoms with Gasteiger partial charge in [0.25, 0.3) is 5.91 Å². The Morgan fingerprint density at radius 2 is 1.90 bits per heavy atom. The van der Waals surface area contributed by atoms with Crippen molar-refractivity contribution in [1.29, 1.82) is 0 Å². The highest BCUT2D eigenvalue weighted by Gasteiger charge is 2.32. The van der Waals surface area contributed by atoms with Crippen molar-refractivity contribution >= 4 is 32.8 Å². The molecule has 0 fully saturated rings. The molecule has 0 saturated heterocycles. The van der Waals surface area contributed by atoms with Crippen LogP contribution in [0.1, 0.15) is 21.5 Å². The van der Waals surface area contributed by atoms with Gasteiger partial charge in [-0.25, -0.2) is 0 Å². The number of amides is 1. The van der Waals surface area contributed by atoms with Gasteiger partial charge in [-0.3, -0.25) is 4.79 Å². The minimum Gasteiger partial charge on any atom is -0.348 e. The topological polar surface area (TPSA) is 104 Å². The normalized spacial score (nSPS) is 13.5. The van der Waals surface area contributed by atoms with E-state index < -0.39 is 28.0 Å². The van der Waals surface area contributed by atoms with Crippen LogP contribution in [0.5, 0.6) is 0 Å². The monoisotopic (exact) mass is 443 g/mol. The fraction of sp³-hybridized carbons (Fsp3) is 0.118. The lowest BCUT2D eigenvalue weighted by Gasteiger charge is -2.09. The summed E-state index contributed by atoms with van der Waals surface area (Å²) in [6.45, 7) is -0.00126. The smallest absolute Gasteiger partial charge is 0.348 e. The average Bonchev–Trinajstić information content (AvgIpc) is 3.18. The summed E-state index contributed by atoms with van der Waals surface area (Å²) in [5, 5.41) is 9.91. The molecule has 3 N–H and O–H groups in total. The summed E-state index contributed by atoms with van der Waals surface area (Å²) in [7, 11) is -3.70. The lowest BCUT2D eigenvalue weighted by molar-refractivity contribution is -0.137. The third-order valence-electron chi connectivity index (χ3n) is 3.74. The molecule has 1 amide bonds. The SMILES string of the molecule is O=C(NCc1ccc(C(F)(F)F)cc1)c1cccc([S+](=O)(O)Nc2nncs2)c1. The molecule has 3 aromatic rings. The number of halogens is 3. The number of hydrogen-bond donors (Lipinski definition) is 3. The Balaban J connectivity index is 1.67. The number of nitrogens with zero attached hydrogens (tertiary/aromatic N) is 2. The van der Waals surface area contributed by atoms with Gasteiger partial charge in [0.05, 0.1) is 5.56 Å². The number of nitrogens with one attached hydrogen (secondary N) is 2. The van der Waals surface area contributed by atoms with Gasteiger partial charge in [0.2, 0.25) is 10.0 Å². The van der Waals surface area contributed by atoms with E-state index in [1.165, 1.54) is 41.9 Å². The highest BCUT2D eigenvalue weighted by atomic mass is 32.3. The van der Waals surface area contributed by atoms with E-state index in [9.17, 15) is 26.7 Å². The molecule has 29 heavy (non-hydrogen) atoms. The van der Waals surface area contributed by atoms with Crippen LogP contribution in [-0.4, -0.2) is 20.7 Å². The van der Waals surface area contributed by atoms with Crippen LogP contribution >= 0.6 is 11.3 Å². The van der Waals surface area contributed by atoms with E-state index in [1.54, 1.807) is 0 Å². The summed E-state index contributed by atoms with van der Waals surface area (Å²) in [5.41, 5.74) is 1.21. The zero-order chi connectivity index (χ0) is 21.1. The predicted molar refractivity (Wildman–Crippen MR) is 102 cm³/mol. The molecule has 152 valence electrons. The lowest BCUT2D eigenvalue weighted by Crippen LogP contribution is -2.24. The molecule has 3 rings (SSSR count). The number of alkyl halides is 3. The Labute approximate surface area is 168 Å². The van der Waals surface area contributed by atoms with E-state index in [2.05, 4.69) is 20.2 Å². The maximum absolute atomic E-state index is 12.6. The summed E-state index contributed by atoms with van der Waals surface area (Å²) in [4.78, 5) is 12.3. The Morgan fingerprint density at radius 1 is 1.17 bits per heavy atom. The number of carbonyl (C=O) groups excluding carboxylic acids is 1. The fourth-order valence-corrected chi connectivity index (χ4v) is 4.07. The first kappa shape index (κ1) is 20.9. The fourth-order valence-electron chi connectivity index (χ4n) is 2.30. The number of anilines is 1. The van der Waals surface area contributed by atoms with Crippen molar-refractivity contribution in [3.05, 3.63) is 70.7 Å². The van der Waals surface area contributed by atoms with Gasteiger partial charge in [-0.15, -0.1) is 14.9 Å². The molecule has 0 aliphatic rings. The molecule has 1 atom stereocenters. The highest BCUT2D eigenvalue weighted by molar-refractivity contribution is 7.99. The van der Waals surface area contributed by atoms with E-state index in [-0.39, 0.29) is 22.1 Å². The second-order valence-electron chi connectivity index (χ2n) is 5.78. The summed E-state index contributed by atoms with van der Waals surface area (Å²) >= 11 is 1.04. The molecule has 0 bridgehead atoms. The number of benzene rings is 2. The molecule has 1 aromatic heterocycles. The standard InChI is InChI=1S/C17H13F3N4O3S2/c18-17(19,20)13-6-4-11(5-7-13)9-21-15(25)12-2-1-3-14(8-12)29(26,27)24-16-23-22-10-28-16/h1-8,10H,9H2,(H2-,21,23,24,25,26,27)/p+1. The van der Waals surface area contributed by atoms with Gasteiger partial charge in [-0.05, 0) is 34.0 Å². The van der Waals surface area contributed by atoms with Crippen LogP contribution in [0, 0.1) is 0 Å². The van der Waals surface area contributed by atoms with Crippen molar-refractivity contribution in [2.75, 3.05) is 4.72 Å². The van der Waals surface area contributed by atoms with Crippen molar-refractivity contribution in [1.82, 2.24) is 15.5 Å². The number of hydrogen-bond acceptors (Lipinski definition) is 5. The molecular formula is C17H14F3N4O3S2+. The summed E-state index contributed by atoms with van der Waals surface area (Å²) < 4.78 is 62.8. The Hall–Kier alpha value is -2.83. The van der Waals surface area contributed by atoms with Crippen LogP contribution < -0.4 is 10.0 Å². The molecule has 0 aliphatic carbocycles. The first-order valence-electron chi connectivity index (χ1n) is 8.00. The van der Waals surface area contributed by atoms with Crippen LogP contribution in [0.25, 0.3) is 0 Å². The molecule has 1 heterocycles. The molecule has 1 unspecified atom stereocenters. The van der Waals surface area contributed by atoms with Crippen LogP contribution in [-0.2, 0) is 27.3 Å². The quantitative estimate of drug-likeness (QED) is 0.502. The maximum Gasteiger partial charge on any atom is 0.416 e. The summed E-state index contributed by atoms with van der Waals surface area (Å²) in [6.07, 6.45) is -4.43. The first-order chi connectivity index (χ1) is 13.6. The minimum absolute atomic E-state index is 0.00126. The molecule has 0 aliphatic heterocycles. The van der Waals surface area contributed by atoms with E-state index in [1.807, 2.05) is 0 Å². The molecule has 7 nitrogen and oxygen atoms in total. The third kappa shape index (κ3) is 5.37. The predicted octanol–water partition coefficient (Wildman–Crippen LogP) is 3.85. The van der Waals surface area contributed by atoms with Gasteiger partial charge in [-0.1, -0.05) is 29.5 Å². The maximum atomic E-state index is 12.6. The first-order valence-corrected chi connectivity index (χ1v) is 10.4. The van der Waals surface area contributed by atoms with Crippen LogP contribution in [0.4, 0.5) is 18.3 Å². The van der Waals surface area contributed by atoms with Crippen molar-refractivity contribution < 1.29 is 26.7 Å². The van der Waals surface area contributed by atoms with E-state index >= 15 is 0 Å². The van der Waals surface area contributed by atoms with E-state index in [4.69, 9.17) is 0 Å². The largest absolute Gasteiger partial charge is 0.416 e. The van der Waals surface area contributed by atoms with Crippen molar-refractivity contribution in [3.63, 3.8) is 0 Å². The average molecular weight is 443 g/mol. The van der Waals surface area contributed by atoms with Gasteiger partial charge in [0.1, 0.15) is 5.51 Å². The molecule has 12 heteroatoms. The van der Waals surface area contributed by atoms with Gasteiger partial charge in [-0.2, -0.15) is 17.7 Å². The van der Waals surface area contributed by atoms with E-state index in [0.29, 0.717) is 5.56 Å². The summed E-state index contributed by atoms with van der Waals surface area (Å²) in [6, 6.07) is 9.93. The van der Waals surface area contributed by atoms with Crippen LogP contribution in [0.3, 0.4) is 0 Å². The van der Waals surface area contributed by atoms with Crippen LogP contribution in [0.2, 0.25) is 0 Å². The van der Waals surface area contributed by atoms with Crippen molar-refractivity contribution in [2.24, 2.45) is 0 Å². The Bertz CT molecular complexity index is 1040. The van der Waals surface area contributed by atoms with Crippen molar-refractivity contribution in [2.45, 2.75) is 17.6 Å². The molecular weight excluding hydrogens is 429 g/mol. The number of aromatic nitrogens is 2. The van der Waals surface area contributed by atoms with Crippen LogP contribution in [0.15, 0.2) is 58.9 Å². The van der Waals surface area contributed by atoms with Gasteiger partial charge < -0.3 is 5.32 Å². The Kier molecular flexibility index (Phi) is 5.96. The van der Waals surface area contributed by atoms with Gasteiger partial charge in [0, 0.05) is 18.2 Å². The third-order valence-corrected chi connectivity index (χ3v) is 5.83. The molecule has 0 saturated carbocycles. The second kappa shape index (κ2) is 8.27. The highest BCUT2D eigenvalue weighted by Crippen LogP contribution is 2.29. The van der Waals surface area contributed by atoms with Gasteiger partial charge >= 0.3 is 16.6 Å². The zero-order valence-electron chi connectivity index (χ0n) is 14.5. The lowest BCUT2D eigenvalue weighted by atomic mass is 10.1. The molecule has 2 aromatic carbocycles. The van der Waals surface area contributed by atoms with E-state index in [0.717, 1.165) is 23.5 Å². The molecule has 0 radical (unpaired) electrons. The van der Waals surface area contributed by atoms with Crippen molar-refractivity contribution in [3.8, 4) is 0 Å². The number of carbonyl (C=O) groups is 1. The van der Waals surface area contributed by atoms with Gasteiger partial charge in [0.15, 0.2) is 0 Å². The molecule has 0 spiro atoms. The Morgan fingerprint density at radius 3 is 2.52 bits per heavy atom.